The van der Waals surface area contributed by atoms with Gasteiger partial charge >= 0.3 is 0 Å². The Bertz CT molecular complexity index is 408. The van der Waals surface area contributed by atoms with Crippen molar-refractivity contribution in [2.75, 3.05) is 41.0 Å². The Morgan fingerprint density at radius 3 is 2.53 bits per heavy atom. The zero-order chi connectivity index (χ0) is 13.7. The minimum Gasteiger partial charge on any atom is -0.497 e. The first-order valence-corrected chi connectivity index (χ1v) is 6.70. The van der Waals surface area contributed by atoms with Gasteiger partial charge in [-0.3, -0.25) is 0 Å². The molecule has 1 aliphatic heterocycles. The monoisotopic (exact) mass is 265 g/mol. The molecule has 1 aliphatic rings. The number of likely N-dealkylation sites (N-methyl/N-ethyl adjacent to an activating group) is 1. The summed E-state index contributed by atoms with van der Waals surface area (Å²) < 4.78 is 16.4. The van der Waals surface area contributed by atoms with Crippen molar-refractivity contribution in [2.24, 2.45) is 0 Å². The Labute approximate surface area is 115 Å². The van der Waals surface area contributed by atoms with E-state index in [-0.39, 0.29) is 5.41 Å². The molecular weight excluding hydrogens is 242 g/mol. The summed E-state index contributed by atoms with van der Waals surface area (Å²) in [5, 5.41) is 3.31. The molecule has 0 atom stereocenters. The summed E-state index contributed by atoms with van der Waals surface area (Å²) in [7, 11) is 5.38. The molecule has 4 heteroatoms. The SMILES string of the molecule is CNCC1(c2ccc(OC)cc2OC)CCOCC1. The van der Waals surface area contributed by atoms with Crippen LogP contribution in [0.2, 0.25) is 0 Å². The summed E-state index contributed by atoms with van der Waals surface area (Å²) in [5.41, 5.74) is 1.33. The van der Waals surface area contributed by atoms with Gasteiger partial charge in [-0.1, -0.05) is 6.07 Å². The van der Waals surface area contributed by atoms with E-state index < -0.39 is 0 Å². The lowest BCUT2D eigenvalue weighted by atomic mass is 9.73. The van der Waals surface area contributed by atoms with Gasteiger partial charge in [-0.15, -0.1) is 0 Å². The van der Waals surface area contributed by atoms with E-state index in [0.717, 1.165) is 44.1 Å². The number of benzene rings is 1. The molecule has 1 aromatic rings. The van der Waals surface area contributed by atoms with Crippen LogP contribution < -0.4 is 14.8 Å². The molecule has 0 saturated carbocycles. The first-order chi connectivity index (χ1) is 9.25. The van der Waals surface area contributed by atoms with Crippen molar-refractivity contribution < 1.29 is 14.2 Å². The van der Waals surface area contributed by atoms with Gasteiger partial charge in [-0.2, -0.15) is 0 Å². The largest absolute Gasteiger partial charge is 0.497 e. The van der Waals surface area contributed by atoms with E-state index in [1.54, 1.807) is 14.2 Å². The lowest BCUT2D eigenvalue weighted by Gasteiger charge is -2.38. The molecule has 1 fully saturated rings. The molecule has 0 amide bonds. The quantitative estimate of drug-likeness (QED) is 0.883. The van der Waals surface area contributed by atoms with Crippen LogP contribution in [0.4, 0.5) is 0 Å². The van der Waals surface area contributed by atoms with Crippen LogP contribution in [0.1, 0.15) is 18.4 Å². The van der Waals surface area contributed by atoms with Crippen molar-refractivity contribution in [3.05, 3.63) is 23.8 Å². The highest BCUT2D eigenvalue weighted by atomic mass is 16.5. The fraction of sp³-hybridized carbons (Fsp3) is 0.600. The fourth-order valence-corrected chi connectivity index (χ4v) is 2.88. The van der Waals surface area contributed by atoms with Gasteiger partial charge in [0.15, 0.2) is 0 Å². The summed E-state index contributed by atoms with van der Waals surface area (Å²) in [6.45, 7) is 2.53. The second-order valence-electron chi connectivity index (χ2n) is 4.99. The highest BCUT2D eigenvalue weighted by molar-refractivity contribution is 5.45. The highest BCUT2D eigenvalue weighted by Gasteiger charge is 2.36. The van der Waals surface area contributed by atoms with Gasteiger partial charge in [0.25, 0.3) is 0 Å². The molecule has 2 rings (SSSR count). The average molecular weight is 265 g/mol. The van der Waals surface area contributed by atoms with Gasteiger partial charge in [0.2, 0.25) is 0 Å². The van der Waals surface area contributed by atoms with Crippen molar-refractivity contribution in [3.8, 4) is 11.5 Å². The lowest BCUT2D eigenvalue weighted by Crippen LogP contribution is -2.42. The Kier molecular flexibility index (Phi) is 4.66. The van der Waals surface area contributed by atoms with Crippen molar-refractivity contribution in [2.45, 2.75) is 18.3 Å². The van der Waals surface area contributed by atoms with E-state index in [9.17, 15) is 0 Å². The molecule has 0 radical (unpaired) electrons. The zero-order valence-corrected chi connectivity index (χ0v) is 12.0. The van der Waals surface area contributed by atoms with Crippen LogP contribution in [-0.4, -0.2) is 41.0 Å². The standard InChI is InChI=1S/C15H23NO3/c1-16-11-15(6-8-19-9-7-15)13-5-4-12(17-2)10-14(13)18-3/h4-5,10,16H,6-9,11H2,1-3H3. The third-order valence-corrected chi connectivity index (χ3v) is 3.95. The van der Waals surface area contributed by atoms with Gasteiger partial charge in [0.05, 0.1) is 14.2 Å². The predicted octanol–water partition coefficient (Wildman–Crippen LogP) is 1.97. The summed E-state index contributed by atoms with van der Waals surface area (Å²) in [5.74, 6) is 1.73. The maximum Gasteiger partial charge on any atom is 0.126 e. The number of nitrogens with one attached hydrogen (secondary N) is 1. The van der Waals surface area contributed by atoms with Gasteiger partial charge < -0.3 is 19.5 Å². The first kappa shape index (κ1) is 14.2. The average Bonchev–Trinajstić information content (AvgIpc) is 2.47. The normalized spacial score (nSPS) is 18.1. The van der Waals surface area contributed by atoms with Crippen LogP contribution >= 0.6 is 0 Å². The summed E-state index contributed by atoms with van der Waals surface area (Å²) in [6.07, 6.45) is 2.02. The van der Waals surface area contributed by atoms with Gasteiger partial charge in [0.1, 0.15) is 11.5 Å². The first-order valence-electron chi connectivity index (χ1n) is 6.70. The van der Waals surface area contributed by atoms with E-state index in [1.807, 2.05) is 19.2 Å². The zero-order valence-electron chi connectivity index (χ0n) is 12.0. The van der Waals surface area contributed by atoms with Gasteiger partial charge in [-0.25, -0.2) is 0 Å². The van der Waals surface area contributed by atoms with Crippen molar-refractivity contribution >= 4 is 0 Å². The third-order valence-electron chi connectivity index (χ3n) is 3.95. The molecule has 0 aromatic heterocycles. The predicted molar refractivity (Wildman–Crippen MR) is 75.2 cm³/mol. The van der Waals surface area contributed by atoms with Crippen molar-refractivity contribution in [3.63, 3.8) is 0 Å². The molecule has 1 N–H and O–H groups in total. The number of ether oxygens (including phenoxy) is 3. The van der Waals surface area contributed by atoms with E-state index in [0.29, 0.717) is 0 Å². The van der Waals surface area contributed by atoms with E-state index in [4.69, 9.17) is 14.2 Å². The maximum absolute atomic E-state index is 5.56. The van der Waals surface area contributed by atoms with E-state index in [1.165, 1.54) is 5.56 Å². The minimum atomic E-state index is 0.0879. The molecule has 19 heavy (non-hydrogen) atoms. The third kappa shape index (κ3) is 2.85. The van der Waals surface area contributed by atoms with Crippen LogP contribution in [0, 0.1) is 0 Å². The maximum atomic E-state index is 5.56. The van der Waals surface area contributed by atoms with Crippen LogP contribution in [0.3, 0.4) is 0 Å². The van der Waals surface area contributed by atoms with E-state index in [2.05, 4.69) is 11.4 Å². The number of hydrogen-bond acceptors (Lipinski definition) is 4. The molecule has 1 saturated heterocycles. The van der Waals surface area contributed by atoms with Crippen LogP contribution in [-0.2, 0) is 10.2 Å². The number of hydrogen-bond donors (Lipinski definition) is 1. The molecule has 0 unspecified atom stereocenters. The fourth-order valence-electron chi connectivity index (χ4n) is 2.88. The molecular formula is C15H23NO3. The van der Waals surface area contributed by atoms with Crippen LogP contribution in [0.15, 0.2) is 18.2 Å². The Hall–Kier alpha value is -1.26. The lowest BCUT2D eigenvalue weighted by molar-refractivity contribution is 0.0497. The van der Waals surface area contributed by atoms with Crippen molar-refractivity contribution in [1.29, 1.82) is 0 Å². The molecule has 1 aromatic carbocycles. The van der Waals surface area contributed by atoms with Crippen molar-refractivity contribution in [1.82, 2.24) is 5.32 Å². The Morgan fingerprint density at radius 2 is 1.95 bits per heavy atom. The van der Waals surface area contributed by atoms with Gasteiger partial charge in [0, 0.05) is 36.8 Å². The molecule has 4 nitrogen and oxygen atoms in total. The van der Waals surface area contributed by atoms with Crippen LogP contribution in [0.25, 0.3) is 0 Å². The highest BCUT2D eigenvalue weighted by Crippen LogP contribution is 2.40. The molecule has 1 heterocycles. The second kappa shape index (κ2) is 6.26. The van der Waals surface area contributed by atoms with E-state index >= 15 is 0 Å². The summed E-state index contributed by atoms with van der Waals surface area (Å²) in [6, 6.07) is 6.09. The Morgan fingerprint density at radius 1 is 1.21 bits per heavy atom. The Balaban J connectivity index is 2.40. The number of rotatable bonds is 5. The molecule has 106 valence electrons. The smallest absolute Gasteiger partial charge is 0.126 e. The molecule has 0 spiro atoms. The molecule has 0 aliphatic carbocycles. The van der Waals surface area contributed by atoms with Gasteiger partial charge in [-0.05, 0) is 26.0 Å². The summed E-state index contributed by atoms with van der Waals surface area (Å²) in [4.78, 5) is 0. The van der Waals surface area contributed by atoms with Crippen LogP contribution in [0.5, 0.6) is 11.5 Å². The molecule has 0 bridgehead atoms. The second-order valence-corrected chi connectivity index (χ2v) is 4.99. The number of methoxy groups -OCH3 is 2. The summed E-state index contributed by atoms with van der Waals surface area (Å²) >= 11 is 0. The minimum absolute atomic E-state index is 0.0879. The topological polar surface area (TPSA) is 39.7 Å².